The number of likely N-dealkylation sites (N-methyl/N-ethyl adjacent to an activating group) is 1. The highest BCUT2D eigenvalue weighted by Crippen LogP contribution is 2.23. The molecule has 0 spiro atoms. The minimum atomic E-state index is -0.936. The van der Waals surface area contributed by atoms with Gasteiger partial charge in [0.15, 0.2) is 0 Å². The Labute approximate surface area is 78.2 Å². The van der Waals surface area contributed by atoms with Gasteiger partial charge in [0.25, 0.3) is 0 Å². The second-order valence-electron chi connectivity index (χ2n) is 3.78. The lowest BCUT2D eigenvalue weighted by atomic mass is 9.91. The number of aliphatic carboxylic acids is 1. The molecule has 0 radical (unpaired) electrons. The maximum Gasteiger partial charge on any atom is 0.306 e. The molecule has 0 bridgehead atoms. The van der Waals surface area contributed by atoms with Crippen molar-refractivity contribution in [1.29, 1.82) is 0 Å². The summed E-state index contributed by atoms with van der Waals surface area (Å²) in [7, 11) is 1.94. The Morgan fingerprint density at radius 1 is 1.62 bits per heavy atom. The number of hydrogen-bond donors (Lipinski definition) is 2. The number of carboxylic acids is 1. The summed E-state index contributed by atoms with van der Waals surface area (Å²) in [6, 6.07) is 0.559. The summed E-state index contributed by atoms with van der Waals surface area (Å²) in [6.07, 6.45) is 2.72. The molecule has 0 aromatic rings. The van der Waals surface area contributed by atoms with Gasteiger partial charge in [0.05, 0.1) is 12.5 Å². The quantitative estimate of drug-likeness (QED) is 0.650. The van der Waals surface area contributed by atoms with Crippen molar-refractivity contribution in [2.24, 2.45) is 0 Å². The number of aliphatic hydroxyl groups excluding tert-OH is 1. The maximum atomic E-state index is 10.3. The standard InChI is InChI=1S/C9H17NO3/c1-10(7-3-2-4-7)6-8(11)5-9(12)13/h7-8,11H,2-6H2,1H3,(H,12,13). The third-order valence-electron chi connectivity index (χ3n) is 2.61. The van der Waals surface area contributed by atoms with Gasteiger partial charge in [-0.05, 0) is 19.9 Å². The molecule has 0 amide bonds. The number of nitrogens with zero attached hydrogens (tertiary/aromatic N) is 1. The number of hydrogen-bond acceptors (Lipinski definition) is 3. The molecule has 4 heteroatoms. The van der Waals surface area contributed by atoms with Crippen LogP contribution in [0.25, 0.3) is 0 Å². The van der Waals surface area contributed by atoms with Crippen LogP contribution in [0.4, 0.5) is 0 Å². The predicted octanol–water partition coefficient (Wildman–Crippen LogP) is 0.306. The zero-order chi connectivity index (χ0) is 9.84. The molecule has 76 valence electrons. The average Bonchev–Trinajstić information content (AvgIpc) is 1.78. The first kappa shape index (κ1) is 10.5. The summed E-state index contributed by atoms with van der Waals surface area (Å²) in [5.41, 5.74) is 0. The van der Waals surface area contributed by atoms with Crippen molar-refractivity contribution in [3.8, 4) is 0 Å². The molecule has 2 N–H and O–H groups in total. The largest absolute Gasteiger partial charge is 0.481 e. The summed E-state index contributed by atoms with van der Waals surface area (Å²) in [5, 5.41) is 17.8. The molecule has 1 fully saturated rings. The Hall–Kier alpha value is -0.610. The van der Waals surface area contributed by atoms with Gasteiger partial charge in [-0.3, -0.25) is 4.79 Å². The first-order valence-corrected chi connectivity index (χ1v) is 4.69. The Kier molecular flexibility index (Phi) is 3.69. The van der Waals surface area contributed by atoms with Crippen LogP contribution in [0.15, 0.2) is 0 Å². The smallest absolute Gasteiger partial charge is 0.306 e. The van der Waals surface area contributed by atoms with Gasteiger partial charge in [-0.25, -0.2) is 0 Å². The molecule has 1 unspecified atom stereocenters. The molecule has 1 aliphatic carbocycles. The fraction of sp³-hybridized carbons (Fsp3) is 0.889. The van der Waals surface area contributed by atoms with Crippen molar-refractivity contribution in [3.05, 3.63) is 0 Å². The number of rotatable bonds is 5. The zero-order valence-electron chi connectivity index (χ0n) is 7.94. The molecule has 0 aromatic heterocycles. The summed E-state index contributed by atoms with van der Waals surface area (Å²) >= 11 is 0. The normalized spacial score (nSPS) is 19.9. The van der Waals surface area contributed by atoms with Crippen LogP contribution >= 0.6 is 0 Å². The molecule has 4 nitrogen and oxygen atoms in total. The van der Waals surface area contributed by atoms with Gasteiger partial charge in [-0.1, -0.05) is 6.42 Å². The van der Waals surface area contributed by atoms with Crippen LogP contribution in [0.3, 0.4) is 0 Å². The molecule has 1 saturated carbocycles. The summed E-state index contributed by atoms with van der Waals surface area (Å²) in [5.74, 6) is -0.936. The van der Waals surface area contributed by atoms with Crippen LogP contribution in [0.1, 0.15) is 25.7 Å². The highest BCUT2D eigenvalue weighted by molar-refractivity contribution is 5.67. The monoisotopic (exact) mass is 187 g/mol. The fourth-order valence-electron chi connectivity index (χ4n) is 1.58. The fourth-order valence-corrected chi connectivity index (χ4v) is 1.58. The minimum Gasteiger partial charge on any atom is -0.481 e. The van der Waals surface area contributed by atoms with Crippen molar-refractivity contribution in [2.75, 3.05) is 13.6 Å². The molecule has 0 heterocycles. The second kappa shape index (κ2) is 4.58. The zero-order valence-corrected chi connectivity index (χ0v) is 7.94. The molecule has 0 aromatic carbocycles. The molecule has 13 heavy (non-hydrogen) atoms. The van der Waals surface area contributed by atoms with E-state index in [1.54, 1.807) is 0 Å². The van der Waals surface area contributed by atoms with E-state index in [0.29, 0.717) is 12.6 Å². The first-order chi connectivity index (χ1) is 6.09. The van der Waals surface area contributed by atoms with E-state index < -0.39 is 12.1 Å². The van der Waals surface area contributed by atoms with E-state index >= 15 is 0 Å². The van der Waals surface area contributed by atoms with E-state index in [2.05, 4.69) is 4.90 Å². The van der Waals surface area contributed by atoms with E-state index in [-0.39, 0.29) is 6.42 Å². The van der Waals surface area contributed by atoms with E-state index in [4.69, 9.17) is 5.11 Å². The van der Waals surface area contributed by atoms with Gasteiger partial charge < -0.3 is 15.1 Å². The van der Waals surface area contributed by atoms with Gasteiger partial charge in [0.2, 0.25) is 0 Å². The van der Waals surface area contributed by atoms with Crippen LogP contribution in [-0.2, 0) is 4.79 Å². The Bertz CT molecular complexity index is 180. The van der Waals surface area contributed by atoms with Crippen molar-refractivity contribution >= 4 is 5.97 Å². The average molecular weight is 187 g/mol. The lowest BCUT2D eigenvalue weighted by Gasteiger charge is -2.35. The van der Waals surface area contributed by atoms with Crippen molar-refractivity contribution < 1.29 is 15.0 Å². The number of aliphatic hydroxyl groups is 1. The number of carbonyl (C=O) groups is 1. The molecule has 1 atom stereocenters. The highest BCUT2D eigenvalue weighted by Gasteiger charge is 2.23. The highest BCUT2D eigenvalue weighted by atomic mass is 16.4. The molecule has 1 aliphatic rings. The summed E-state index contributed by atoms with van der Waals surface area (Å²) in [4.78, 5) is 12.3. The lowest BCUT2D eigenvalue weighted by molar-refractivity contribution is -0.139. The van der Waals surface area contributed by atoms with Gasteiger partial charge in [0, 0.05) is 12.6 Å². The topological polar surface area (TPSA) is 60.8 Å². The molecule has 1 rings (SSSR count). The van der Waals surface area contributed by atoms with Gasteiger partial charge in [-0.2, -0.15) is 0 Å². The second-order valence-corrected chi connectivity index (χ2v) is 3.78. The molecular formula is C9H17NO3. The van der Waals surface area contributed by atoms with Crippen LogP contribution < -0.4 is 0 Å². The molecule has 0 aliphatic heterocycles. The van der Waals surface area contributed by atoms with Crippen molar-refractivity contribution in [3.63, 3.8) is 0 Å². The Morgan fingerprint density at radius 2 is 2.23 bits per heavy atom. The van der Waals surface area contributed by atoms with Crippen molar-refractivity contribution in [2.45, 2.75) is 37.8 Å². The van der Waals surface area contributed by atoms with Gasteiger partial charge >= 0.3 is 5.97 Å². The van der Waals surface area contributed by atoms with Crippen molar-refractivity contribution in [1.82, 2.24) is 4.90 Å². The van der Waals surface area contributed by atoms with Crippen LogP contribution in [-0.4, -0.2) is 46.8 Å². The first-order valence-electron chi connectivity index (χ1n) is 4.69. The molecular weight excluding hydrogens is 170 g/mol. The lowest BCUT2D eigenvalue weighted by Crippen LogP contribution is -2.41. The summed E-state index contributed by atoms with van der Waals surface area (Å²) < 4.78 is 0. The number of carboxylic acid groups (broad SMARTS) is 1. The summed E-state index contributed by atoms with van der Waals surface area (Å²) in [6.45, 7) is 0.469. The minimum absolute atomic E-state index is 0.156. The third kappa shape index (κ3) is 3.32. The maximum absolute atomic E-state index is 10.3. The van der Waals surface area contributed by atoms with E-state index in [1.807, 2.05) is 7.05 Å². The van der Waals surface area contributed by atoms with E-state index in [1.165, 1.54) is 19.3 Å². The Balaban J connectivity index is 2.18. The third-order valence-corrected chi connectivity index (χ3v) is 2.61. The van der Waals surface area contributed by atoms with Gasteiger partial charge in [0.1, 0.15) is 0 Å². The van der Waals surface area contributed by atoms with E-state index in [0.717, 1.165) is 0 Å². The molecule has 0 saturated heterocycles. The van der Waals surface area contributed by atoms with E-state index in [9.17, 15) is 9.90 Å². The van der Waals surface area contributed by atoms with Gasteiger partial charge in [-0.15, -0.1) is 0 Å². The Morgan fingerprint density at radius 3 is 2.62 bits per heavy atom. The van der Waals surface area contributed by atoms with Crippen LogP contribution in [0.5, 0.6) is 0 Å². The van der Waals surface area contributed by atoms with Crippen LogP contribution in [0.2, 0.25) is 0 Å². The van der Waals surface area contributed by atoms with Crippen LogP contribution in [0, 0.1) is 0 Å². The predicted molar refractivity (Wildman–Crippen MR) is 48.5 cm³/mol. The SMILES string of the molecule is CN(CC(O)CC(=O)O)C1CCC1.